The highest BCUT2D eigenvalue weighted by Crippen LogP contribution is 2.45. The fourth-order valence-electron chi connectivity index (χ4n) is 6.30. The van der Waals surface area contributed by atoms with Gasteiger partial charge in [0.25, 0.3) is 5.56 Å². The van der Waals surface area contributed by atoms with Gasteiger partial charge in [0.05, 0.1) is 42.5 Å². The van der Waals surface area contributed by atoms with Crippen LogP contribution in [0.3, 0.4) is 0 Å². The lowest BCUT2D eigenvalue weighted by atomic mass is 9.90. The van der Waals surface area contributed by atoms with Crippen LogP contribution in [-0.4, -0.2) is 103 Å². The van der Waals surface area contributed by atoms with E-state index in [9.17, 15) is 14.4 Å². The summed E-state index contributed by atoms with van der Waals surface area (Å²) in [6.07, 6.45) is 8.15. The van der Waals surface area contributed by atoms with Gasteiger partial charge in [-0.25, -0.2) is 4.98 Å². The van der Waals surface area contributed by atoms with Crippen molar-refractivity contribution in [2.24, 2.45) is 11.8 Å². The maximum Gasteiger partial charge on any atom is 0.260 e. The summed E-state index contributed by atoms with van der Waals surface area (Å²) in [5.41, 5.74) is 0.526. The van der Waals surface area contributed by atoms with Crippen LogP contribution < -0.4 is 20.3 Å². The van der Waals surface area contributed by atoms with Gasteiger partial charge in [-0.15, -0.1) is 0 Å². The maximum atomic E-state index is 14.5. The van der Waals surface area contributed by atoms with E-state index in [1.165, 1.54) is 20.3 Å². The summed E-state index contributed by atoms with van der Waals surface area (Å²) in [6.45, 7) is 6.53. The Hall–Kier alpha value is -3.97. The van der Waals surface area contributed by atoms with Gasteiger partial charge in [0.15, 0.2) is 5.78 Å². The molecule has 2 aliphatic heterocycles. The van der Waals surface area contributed by atoms with E-state index in [4.69, 9.17) is 42.4 Å². The lowest BCUT2D eigenvalue weighted by Gasteiger charge is -2.31. The summed E-state index contributed by atoms with van der Waals surface area (Å²) in [5, 5.41) is 4.25. The topological polar surface area (TPSA) is 128 Å². The van der Waals surface area contributed by atoms with Gasteiger partial charge in [0, 0.05) is 68.5 Å². The SMILES string of the molecule is C=CC(=O)C[C@H]1CCOC[C@H]1Nc1ncc2cc(-c3c(Cl)c(OC)cc(OC)c3Cl)c(=O)n(CC3CCN(C(=O)/C=C/CN(C)C)C3)c2n1. The Bertz CT molecular complexity index is 1780. The molecular formula is C35H42Cl2N6O6. The Morgan fingerprint density at radius 2 is 1.90 bits per heavy atom. The number of benzene rings is 1. The molecule has 14 heteroatoms. The van der Waals surface area contributed by atoms with Crippen LogP contribution in [-0.2, 0) is 20.9 Å². The van der Waals surface area contributed by atoms with Gasteiger partial charge in [-0.05, 0) is 50.9 Å². The van der Waals surface area contributed by atoms with Gasteiger partial charge in [0.2, 0.25) is 11.9 Å². The molecule has 3 aromatic rings. The first-order valence-electron chi connectivity index (χ1n) is 16.1. The van der Waals surface area contributed by atoms with Crippen molar-refractivity contribution >= 4 is 51.9 Å². The first-order valence-corrected chi connectivity index (χ1v) is 16.9. The average molecular weight is 714 g/mol. The number of amides is 1. The van der Waals surface area contributed by atoms with Gasteiger partial charge >= 0.3 is 0 Å². The third-order valence-electron chi connectivity index (χ3n) is 8.94. The Balaban J connectivity index is 1.56. The molecule has 262 valence electrons. The van der Waals surface area contributed by atoms with Crippen molar-refractivity contribution in [1.29, 1.82) is 0 Å². The lowest BCUT2D eigenvalue weighted by molar-refractivity contribution is -0.125. The fraction of sp³-hybridized carbons (Fsp3) is 0.457. The van der Waals surface area contributed by atoms with E-state index >= 15 is 0 Å². The quantitative estimate of drug-likeness (QED) is 0.249. The number of methoxy groups -OCH3 is 2. The van der Waals surface area contributed by atoms with Crippen molar-refractivity contribution in [3.63, 3.8) is 0 Å². The first-order chi connectivity index (χ1) is 23.5. The minimum absolute atomic E-state index is 0.00391. The standard InChI is InChI=1S/C35H42Cl2N6O6/c1-6-24(44)14-22-10-13-49-20-26(22)39-35-38-17-23-15-25(30-31(36)27(47-4)16-28(48-5)32(30)37)34(46)43(33(23)40-35)19-21-9-12-42(18-21)29(45)8-7-11-41(2)3/h6-8,15-17,21-22,26H,1,9-14,18-20H2,2-5H3,(H,38,39,40)/b8-7+/t21?,22-,26-/m1/s1. The molecule has 0 aliphatic carbocycles. The number of pyridine rings is 1. The van der Waals surface area contributed by atoms with Crippen molar-refractivity contribution in [3.8, 4) is 22.6 Å². The maximum absolute atomic E-state index is 14.5. The zero-order chi connectivity index (χ0) is 35.2. The second-order valence-corrected chi connectivity index (χ2v) is 13.3. The van der Waals surface area contributed by atoms with Gasteiger partial charge in [-0.1, -0.05) is 35.9 Å². The molecule has 2 aromatic heterocycles. The normalized spacial score (nSPS) is 19.5. The van der Waals surface area contributed by atoms with Gasteiger partial charge < -0.3 is 29.3 Å². The van der Waals surface area contributed by atoms with Crippen LogP contribution >= 0.6 is 23.2 Å². The zero-order valence-corrected chi connectivity index (χ0v) is 29.7. The predicted molar refractivity (Wildman–Crippen MR) is 191 cm³/mol. The molecule has 1 aromatic carbocycles. The molecule has 0 saturated carbocycles. The number of halogens is 2. The molecule has 1 N–H and O–H groups in total. The average Bonchev–Trinajstić information content (AvgIpc) is 3.56. The summed E-state index contributed by atoms with van der Waals surface area (Å²) in [4.78, 5) is 52.8. The number of carbonyl (C=O) groups excluding carboxylic acids is 2. The molecule has 12 nitrogen and oxygen atoms in total. The van der Waals surface area contributed by atoms with Crippen molar-refractivity contribution < 1.29 is 23.8 Å². The minimum Gasteiger partial charge on any atom is -0.495 e. The van der Waals surface area contributed by atoms with Crippen molar-refractivity contribution in [3.05, 3.63) is 63.5 Å². The summed E-state index contributed by atoms with van der Waals surface area (Å²) < 4.78 is 18.3. The molecule has 1 unspecified atom stereocenters. The van der Waals surface area contributed by atoms with Gasteiger partial charge in [-0.2, -0.15) is 4.98 Å². The number of aromatic nitrogens is 3. The number of hydrogen-bond acceptors (Lipinski definition) is 10. The summed E-state index contributed by atoms with van der Waals surface area (Å²) in [7, 11) is 6.82. The molecule has 2 fully saturated rings. The third kappa shape index (κ3) is 8.26. The lowest BCUT2D eigenvalue weighted by Crippen LogP contribution is -2.40. The van der Waals surface area contributed by atoms with Crippen molar-refractivity contribution in [1.82, 2.24) is 24.3 Å². The Labute approximate surface area is 295 Å². The Morgan fingerprint density at radius 1 is 1.16 bits per heavy atom. The number of likely N-dealkylation sites (N-methyl/N-ethyl adjacent to an activating group) is 1. The molecule has 0 bridgehead atoms. The van der Waals surface area contributed by atoms with Crippen LogP contribution in [0.15, 0.2) is 47.9 Å². The molecule has 3 atom stereocenters. The van der Waals surface area contributed by atoms with Gasteiger partial charge in [0.1, 0.15) is 17.1 Å². The van der Waals surface area contributed by atoms with E-state index in [0.717, 1.165) is 0 Å². The van der Waals surface area contributed by atoms with Crippen molar-refractivity contribution in [2.45, 2.75) is 31.8 Å². The molecule has 49 heavy (non-hydrogen) atoms. The number of ether oxygens (including phenoxy) is 3. The molecule has 5 rings (SSSR count). The van der Waals surface area contributed by atoms with E-state index in [-0.39, 0.29) is 62.8 Å². The highest BCUT2D eigenvalue weighted by atomic mass is 35.5. The summed E-state index contributed by atoms with van der Waals surface area (Å²) >= 11 is 13.6. The fourth-order valence-corrected chi connectivity index (χ4v) is 7.01. The van der Waals surface area contributed by atoms with E-state index in [2.05, 4.69) is 16.9 Å². The number of fused-ring (bicyclic) bond motifs is 1. The summed E-state index contributed by atoms with van der Waals surface area (Å²) in [6, 6.07) is 3.02. The smallest absolute Gasteiger partial charge is 0.260 e. The molecule has 0 spiro atoms. The predicted octanol–water partition coefficient (Wildman–Crippen LogP) is 4.71. The van der Waals surface area contributed by atoms with Crippen LogP contribution in [0.1, 0.15) is 19.3 Å². The van der Waals surface area contributed by atoms with E-state index in [1.54, 1.807) is 33.9 Å². The Kier molecular flexibility index (Phi) is 12.0. The second-order valence-electron chi connectivity index (χ2n) is 12.6. The van der Waals surface area contributed by atoms with Gasteiger partial charge in [-0.3, -0.25) is 19.0 Å². The van der Waals surface area contributed by atoms with Crippen LogP contribution in [0.2, 0.25) is 10.0 Å². The molecule has 1 amide bonds. The summed E-state index contributed by atoms with van der Waals surface area (Å²) in [5.74, 6) is 0.768. The number of nitrogens with one attached hydrogen (secondary N) is 1. The van der Waals surface area contributed by atoms with Crippen LogP contribution in [0.4, 0.5) is 5.95 Å². The molecule has 2 saturated heterocycles. The minimum atomic E-state index is -0.373. The van der Waals surface area contributed by atoms with Crippen LogP contribution in [0.25, 0.3) is 22.2 Å². The largest absolute Gasteiger partial charge is 0.495 e. The Morgan fingerprint density at radius 3 is 2.57 bits per heavy atom. The molecule has 4 heterocycles. The van der Waals surface area contributed by atoms with Crippen LogP contribution in [0, 0.1) is 11.8 Å². The molecular weight excluding hydrogens is 671 g/mol. The molecule has 2 aliphatic rings. The van der Waals surface area contributed by atoms with E-state index in [1.807, 2.05) is 25.1 Å². The first kappa shape index (κ1) is 36.3. The van der Waals surface area contributed by atoms with Crippen LogP contribution in [0.5, 0.6) is 11.5 Å². The number of nitrogens with zero attached hydrogens (tertiary/aromatic N) is 5. The number of allylic oxidation sites excluding steroid dienone is 1. The van der Waals surface area contributed by atoms with E-state index in [0.29, 0.717) is 80.6 Å². The van der Waals surface area contributed by atoms with E-state index < -0.39 is 0 Å². The number of hydrogen-bond donors (Lipinski definition) is 1. The van der Waals surface area contributed by atoms with Crippen molar-refractivity contribution in [2.75, 3.05) is 66.5 Å². The number of carbonyl (C=O) groups is 2. The highest BCUT2D eigenvalue weighted by molar-refractivity contribution is 6.41. The number of ketones is 1. The number of rotatable bonds is 13. The number of anilines is 1. The second kappa shape index (κ2) is 16.2. The zero-order valence-electron chi connectivity index (χ0n) is 28.2. The molecule has 0 radical (unpaired) electrons. The number of likely N-dealkylation sites (tertiary alicyclic amines) is 1. The third-order valence-corrected chi connectivity index (χ3v) is 9.69. The monoisotopic (exact) mass is 712 g/mol. The highest BCUT2D eigenvalue weighted by Gasteiger charge is 2.30.